The van der Waals surface area contributed by atoms with Crippen molar-refractivity contribution in [3.63, 3.8) is 0 Å². The fraction of sp³-hybridized carbons (Fsp3) is 0.667. The maximum Gasteiger partial charge on any atom is 0.0615 e. The van der Waals surface area contributed by atoms with Crippen LogP contribution in [0.2, 0.25) is 0 Å². The third-order valence-corrected chi connectivity index (χ3v) is 2.09. The van der Waals surface area contributed by atoms with E-state index in [1.54, 1.807) is 6.20 Å². The summed E-state index contributed by atoms with van der Waals surface area (Å²) in [5.74, 6) is 0. The van der Waals surface area contributed by atoms with Crippen LogP contribution in [-0.2, 0) is 0 Å². The van der Waals surface area contributed by atoms with Gasteiger partial charge in [-0.1, -0.05) is 0 Å². The summed E-state index contributed by atoms with van der Waals surface area (Å²) in [4.78, 5) is 0. The Morgan fingerprint density at radius 1 is 1.54 bits per heavy atom. The van der Waals surface area contributed by atoms with Gasteiger partial charge in [-0.3, -0.25) is 4.68 Å². The number of rotatable bonds is 5. The summed E-state index contributed by atoms with van der Waals surface area (Å²) in [5, 5.41) is 7.50. The molecule has 2 atom stereocenters. The fourth-order valence-electron chi connectivity index (χ4n) is 1.09. The third-order valence-electron chi connectivity index (χ3n) is 2.09. The molecule has 0 aliphatic rings. The van der Waals surface area contributed by atoms with Crippen LogP contribution in [0.1, 0.15) is 19.9 Å². The van der Waals surface area contributed by atoms with E-state index >= 15 is 0 Å². The molecule has 0 amide bonds. The molecule has 4 heteroatoms. The van der Waals surface area contributed by atoms with Gasteiger partial charge in [0.25, 0.3) is 0 Å². The summed E-state index contributed by atoms with van der Waals surface area (Å²) in [6.45, 7) is 5.78. The highest BCUT2D eigenvalue weighted by Crippen LogP contribution is 2.00. The molecular weight excluding hydrogens is 164 g/mol. The first-order valence-corrected chi connectivity index (χ1v) is 4.66. The highest BCUT2D eigenvalue weighted by atomic mass is 15.3. The summed E-state index contributed by atoms with van der Waals surface area (Å²) >= 11 is 0. The van der Waals surface area contributed by atoms with Gasteiger partial charge >= 0.3 is 0 Å². The lowest BCUT2D eigenvalue weighted by Crippen LogP contribution is -2.36. The van der Waals surface area contributed by atoms with E-state index in [9.17, 15) is 0 Å². The number of nitrogens with one attached hydrogen (secondary N) is 1. The lowest BCUT2D eigenvalue weighted by atomic mass is 10.3. The predicted octanol–water partition coefficient (Wildman–Crippen LogP) is 0.381. The Morgan fingerprint density at radius 2 is 2.31 bits per heavy atom. The molecule has 1 rings (SSSR count). The molecule has 0 aliphatic heterocycles. The van der Waals surface area contributed by atoms with Crippen LogP contribution in [0.4, 0.5) is 0 Å². The summed E-state index contributed by atoms with van der Waals surface area (Å²) < 4.78 is 1.94. The molecule has 1 aromatic rings. The third kappa shape index (κ3) is 3.16. The monoisotopic (exact) mass is 182 g/mol. The topological polar surface area (TPSA) is 55.9 Å². The van der Waals surface area contributed by atoms with E-state index < -0.39 is 0 Å². The highest BCUT2D eigenvalue weighted by Gasteiger charge is 2.05. The van der Waals surface area contributed by atoms with Crippen molar-refractivity contribution in [1.29, 1.82) is 0 Å². The van der Waals surface area contributed by atoms with Gasteiger partial charge in [-0.2, -0.15) is 5.10 Å². The van der Waals surface area contributed by atoms with Gasteiger partial charge in [0.05, 0.1) is 6.04 Å². The van der Waals surface area contributed by atoms with Gasteiger partial charge in [0, 0.05) is 31.5 Å². The molecule has 1 unspecified atom stereocenters. The fourth-order valence-corrected chi connectivity index (χ4v) is 1.09. The van der Waals surface area contributed by atoms with Crippen molar-refractivity contribution < 1.29 is 0 Å². The molecule has 74 valence electrons. The van der Waals surface area contributed by atoms with Crippen molar-refractivity contribution in [3.8, 4) is 0 Å². The molecular formula is C9H18N4. The van der Waals surface area contributed by atoms with Gasteiger partial charge in [0.1, 0.15) is 0 Å². The highest BCUT2D eigenvalue weighted by molar-refractivity contribution is 4.81. The van der Waals surface area contributed by atoms with Crippen LogP contribution in [0.3, 0.4) is 0 Å². The van der Waals surface area contributed by atoms with Crippen molar-refractivity contribution >= 4 is 0 Å². The number of hydrogen-bond donors (Lipinski definition) is 2. The average Bonchev–Trinajstić information content (AvgIpc) is 2.66. The van der Waals surface area contributed by atoms with Crippen LogP contribution in [0.15, 0.2) is 18.5 Å². The minimum atomic E-state index is 0.373. The van der Waals surface area contributed by atoms with Crippen LogP contribution in [0.5, 0.6) is 0 Å². The summed E-state index contributed by atoms with van der Waals surface area (Å²) in [6.07, 6.45) is 3.77. The zero-order chi connectivity index (χ0) is 9.68. The Balaban J connectivity index is 2.30. The zero-order valence-electron chi connectivity index (χ0n) is 8.27. The van der Waals surface area contributed by atoms with E-state index in [1.807, 2.05) is 16.9 Å². The smallest absolute Gasteiger partial charge is 0.0615 e. The molecule has 0 saturated heterocycles. The van der Waals surface area contributed by atoms with E-state index in [4.69, 9.17) is 5.73 Å². The minimum absolute atomic E-state index is 0.373. The molecule has 0 saturated carbocycles. The number of nitrogens with two attached hydrogens (primary N) is 1. The van der Waals surface area contributed by atoms with Crippen LogP contribution in [0, 0.1) is 0 Å². The molecule has 0 aliphatic carbocycles. The molecule has 0 fully saturated rings. The Hall–Kier alpha value is -0.870. The van der Waals surface area contributed by atoms with Crippen LogP contribution >= 0.6 is 0 Å². The molecule has 3 N–H and O–H groups in total. The van der Waals surface area contributed by atoms with Crippen molar-refractivity contribution in [2.45, 2.75) is 25.9 Å². The number of aromatic nitrogens is 2. The molecule has 1 aromatic heterocycles. The Labute approximate surface area is 79.1 Å². The second-order valence-corrected chi connectivity index (χ2v) is 3.38. The van der Waals surface area contributed by atoms with Crippen LogP contribution in [0.25, 0.3) is 0 Å². The first-order chi connectivity index (χ1) is 6.24. The Bertz CT molecular complexity index is 220. The molecule has 0 bridgehead atoms. The first-order valence-electron chi connectivity index (χ1n) is 4.66. The Kier molecular flexibility index (Phi) is 3.92. The van der Waals surface area contributed by atoms with E-state index in [2.05, 4.69) is 24.3 Å². The minimum Gasteiger partial charge on any atom is -0.329 e. The van der Waals surface area contributed by atoms with E-state index in [1.165, 1.54) is 0 Å². The SMILES string of the molecule is CC(CN[C@H](C)CN)n1cccn1. The number of nitrogens with zero attached hydrogens (tertiary/aromatic N) is 2. The van der Waals surface area contributed by atoms with Gasteiger partial charge in [0.2, 0.25) is 0 Å². The van der Waals surface area contributed by atoms with E-state index in [0.717, 1.165) is 6.54 Å². The van der Waals surface area contributed by atoms with Crippen LogP contribution in [-0.4, -0.2) is 28.9 Å². The van der Waals surface area contributed by atoms with E-state index in [-0.39, 0.29) is 0 Å². The standard InChI is InChI=1S/C9H18N4/c1-8(6-10)11-7-9(2)13-5-3-4-12-13/h3-5,8-9,11H,6-7,10H2,1-2H3/t8-,9?/m1/s1. The predicted molar refractivity (Wildman–Crippen MR) is 53.5 cm³/mol. The second-order valence-electron chi connectivity index (χ2n) is 3.38. The maximum absolute atomic E-state index is 5.49. The summed E-state index contributed by atoms with van der Waals surface area (Å²) in [5.41, 5.74) is 5.49. The maximum atomic E-state index is 5.49. The Morgan fingerprint density at radius 3 is 2.85 bits per heavy atom. The number of hydrogen-bond acceptors (Lipinski definition) is 3. The van der Waals surface area contributed by atoms with Crippen molar-refractivity contribution in [3.05, 3.63) is 18.5 Å². The van der Waals surface area contributed by atoms with Crippen molar-refractivity contribution in [2.75, 3.05) is 13.1 Å². The van der Waals surface area contributed by atoms with Gasteiger partial charge in [0.15, 0.2) is 0 Å². The summed E-state index contributed by atoms with van der Waals surface area (Å²) in [7, 11) is 0. The normalized spacial score (nSPS) is 15.6. The van der Waals surface area contributed by atoms with Gasteiger partial charge in [-0.25, -0.2) is 0 Å². The van der Waals surface area contributed by atoms with Gasteiger partial charge in [-0.15, -0.1) is 0 Å². The van der Waals surface area contributed by atoms with E-state index in [0.29, 0.717) is 18.6 Å². The quantitative estimate of drug-likeness (QED) is 0.692. The first kappa shape index (κ1) is 10.2. The molecule has 0 radical (unpaired) electrons. The average molecular weight is 182 g/mol. The van der Waals surface area contributed by atoms with Gasteiger partial charge in [-0.05, 0) is 19.9 Å². The largest absolute Gasteiger partial charge is 0.329 e. The molecule has 4 nitrogen and oxygen atoms in total. The second kappa shape index (κ2) is 4.99. The lowest BCUT2D eigenvalue weighted by molar-refractivity contribution is 0.426. The summed E-state index contributed by atoms with van der Waals surface area (Å²) in [6, 6.07) is 2.69. The van der Waals surface area contributed by atoms with Crippen molar-refractivity contribution in [1.82, 2.24) is 15.1 Å². The van der Waals surface area contributed by atoms with Crippen LogP contribution < -0.4 is 11.1 Å². The lowest BCUT2D eigenvalue weighted by Gasteiger charge is -2.16. The molecule has 13 heavy (non-hydrogen) atoms. The molecule has 0 spiro atoms. The van der Waals surface area contributed by atoms with Gasteiger partial charge < -0.3 is 11.1 Å². The molecule has 0 aromatic carbocycles. The van der Waals surface area contributed by atoms with Crippen molar-refractivity contribution in [2.24, 2.45) is 5.73 Å². The molecule has 1 heterocycles. The zero-order valence-corrected chi connectivity index (χ0v) is 8.27.